The molecule has 3 nitrogen and oxygen atoms in total. The molecule has 8 unspecified atom stereocenters. The molecule has 0 radical (unpaired) electrons. The van der Waals surface area contributed by atoms with Crippen molar-refractivity contribution in [3.05, 3.63) is 0 Å². The minimum absolute atomic E-state index is 0.0705. The van der Waals surface area contributed by atoms with Gasteiger partial charge in [-0.25, -0.2) is 0 Å². The lowest BCUT2D eigenvalue weighted by molar-refractivity contribution is -0.162. The third-order valence-electron chi connectivity index (χ3n) is 10.6. The highest BCUT2D eigenvalue weighted by Crippen LogP contribution is 2.67. The number of nitrogens with one attached hydrogen (secondary N) is 1. The number of fused-ring (bicyclic) bond motifs is 5. The van der Waals surface area contributed by atoms with Gasteiger partial charge in [-0.2, -0.15) is 0 Å². The van der Waals surface area contributed by atoms with Crippen LogP contribution in [0.1, 0.15) is 111 Å². The first-order valence-electron chi connectivity index (χ1n) is 13.3. The third-order valence-corrected chi connectivity index (χ3v) is 10.6. The second kappa shape index (κ2) is 9.12. The van der Waals surface area contributed by atoms with Crippen LogP contribution in [-0.2, 0) is 4.79 Å². The zero-order valence-electron chi connectivity index (χ0n) is 19.9. The van der Waals surface area contributed by atoms with Crippen LogP contribution in [0.5, 0.6) is 0 Å². The van der Waals surface area contributed by atoms with E-state index in [0.29, 0.717) is 29.1 Å². The lowest BCUT2D eigenvalue weighted by atomic mass is 9.44. The van der Waals surface area contributed by atoms with E-state index < -0.39 is 0 Å². The van der Waals surface area contributed by atoms with E-state index in [2.05, 4.69) is 26.1 Å². The molecule has 4 aliphatic carbocycles. The Bertz CT molecular complexity index is 606. The van der Waals surface area contributed by atoms with Crippen molar-refractivity contribution in [2.75, 3.05) is 6.54 Å². The summed E-state index contributed by atoms with van der Waals surface area (Å²) in [5.74, 6) is 3.73. The summed E-state index contributed by atoms with van der Waals surface area (Å²) in [6.07, 6.45) is 16.9. The van der Waals surface area contributed by atoms with Gasteiger partial charge >= 0.3 is 0 Å². The summed E-state index contributed by atoms with van der Waals surface area (Å²) in [7, 11) is 0. The first-order chi connectivity index (χ1) is 14.4. The van der Waals surface area contributed by atoms with Crippen molar-refractivity contribution >= 4 is 5.91 Å². The second-order valence-corrected chi connectivity index (χ2v) is 12.0. The maximum Gasteiger partial charge on any atom is 0.219 e. The number of aliphatic hydroxyl groups is 1. The quantitative estimate of drug-likeness (QED) is 0.492. The molecule has 8 atom stereocenters. The van der Waals surface area contributed by atoms with Gasteiger partial charge in [-0.3, -0.25) is 4.79 Å². The predicted octanol–water partition coefficient (Wildman–Crippen LogP) is 6.09. The summed E-state index contributed by atoms with van der Waals surface area (Å²) < 4.78 is 0. The minimum Gasteiger partial charge on any atom is -0.393 e. The molecular weight excluding hydrogens is 370 g/mol. The molecule has 3 heteroatoms. The highest BCUT2D eigenvalue weighted by atomic mass is 16.3. The molecule has 2 N–H and O–H groups in total. The molecule has 4 rings (SSSR count). The zero-order valence-corrected chi connectivity index (χ0v) is 19.9. The van der Waals surface area contributed by atoms with Crippen LogP contribution >= 0.6 is 0 Å². The zero-order chi connectivity index (χ0) is 21.4. The average molecular weight is 418 g/mol. The maximum absolute atomic E-state index is 12.1. The number of hydrogen-bond donors (Lipinski definition) is 2. The Morgan fingerprint density at radius 3 is 2.60 bits per heavy atom. The summed E-state index contributed by atoms with van der Waals surface area (Å²) >= 11 is 0. The van der Waals surface area contributed by atoms with Crippen LogP contribution in [-0.4, -0.2) is 23.7 Å². The second-order valence-electron chi connectivity index (χ2n) is 12.0. The van der Waals surface area contributed by atoms with E-state index in [-0.39, 0.29) is 12.0 Å². The Morgan fingerprint density at radius 1 is 1.00 bits per heavy atom. The smallest absolute Gasteiger partial charge is 0.219 e. The Balaban J connectivity index is 1.38. The van der Waals surface area contributed by atoms with Crippen molar-refractivity contribution in [2.24, 2.45) is 40.4 Å². The molecule has 0 saturated heterocycles. The summed E-state index contributed by atoms with van der Waals surface area (Å²) in [5.41, 5.74) is 0.872. The highest BCUT2D eigenvalue weighted by molar-refractivity contribution is 5.75. The summed E-state index contributed by atoms with van der Waals surface area (Å²) in [5, 5.41) is 14.4. The lowest BCUT2D eigenvalue weighted by Crippen LogP contribution is -2.57. The number of carbonyl (C=O) groups excluding carboxylic acids is 1. The van der Waals surface area contributed by atoms with Crippen LogP contribution in [0.15, 0.2) is 0 Å². The third kappa shape index (κ3) is 3.97. The first kappa shape index (κ1) is 22.6. The van der Waals surface area contributed by atoms with Gasteiger partial charge in [-0.05, 0) is 105 Å². The molecule has 172 valence electrons. The van der Waals surface area contributed by atoms with E-state index in [1.54, 1.807) is 0 Å². The maximum atomic E-state index is 12.1. The van der Waals surface area contributed by atoms with Crippen LogP contribution in [0.4, 0.5) is 0 Å². The van der Waals surface area contributed by atoms with Crippen molar-refractivity contribution in [2.45, 2.75) is 117 Å². The Labute approximate surface area is 185 Å². The molecule has 0 spiro atoms. The van der Waals surface area contributed by atoms with Crippen LogP contribution in [0.2, 0.25) is 0 Å². The number of hydrogen-bond acceptors (Lipinski definition) is 2. The summed E-state index contributed by atoms with van der Waals surface area (Å²) in [6, 6.07) is 0. The van der Waals surface area contributed by atoms with Crippen LogP contribution in [0.3, 0.4) is 0 Å². The Kier molecular flexibility index (Phi) is 6.88. The van der Waals surface area contributed by atoms with Crippen molar-refractivity contribution in [1.82, 2.24) is 5.32 Å². The summed E-state index contributed by atoms with van der Waals surface area (Å²) in [6.45, 7) is 8.14. The molecular formula is C27H47NO2. The van der Waals surface area contributed by atoms with E-state index in [9.17, 15) is 9.90 Å². The van der Waals surface area contributed by atoms with Gasteiger partial charge in [-0.1, -0.05) is 40.0 Å². The average Bonchev–Trinajstić information content (AvgIpc) is 3.05. The van der Waals surface area contributed by atoms with Gasteiger partial charge in [0.05, 0.1) is 6.10 Å². The molecule has 0 aromatic rings. The standard InChI is InChI=1S/C27H47NO2/c1-4-5-17-28-24(30)11-8-10-19-12-13-21-25-22(14-16-27(19,21)3)26(2)15-7-6-9-20(26)18-23(25)29/h19-23,25,29H,4-18H2,1-3H3,(H,28,30). The predicted molar refractivity (Wildman–Crippen MR) is 123 cm³/mol. The lowest BCUT2D eigenvalue weighted by Gasteiger charge is -2.62. The van der Waals surface area contributed by atoms with E-state index in [1.807, 2.05) is 0 Å². The van der Waals surface area contributed by atoms with Gasteiger partial charge in [0.15, 0.2) is 0 Å². The van der Waals surface area contributed by atoms with Crippen molar-refractivity contribution in [3.8, 4) is 0 Å². The molecule has 0 aliphatic heterocycles. The molecule has 4 saturated carbocycles. The topological polar surface area (TPSA) is 49.3 Å². The van der Waals surface area contributed by atoms with Gasteiger partial charge < -0.3 is 10.4 Å². The number of amides is 1. The molecule has 4 fully saturated rings. The number of carbonyl (C=O) groups is 1. The molecule has 4 aliphatic rings. The first-order valence-corrected chi connectivity index (χ1v) is 13.3. The van der Waals surface area contributed by atoms with Crippen molar-refractivity contribution in [1.29, 1.82) is 0 Å². The van der Waals surface area contributed by atoms with E-state index in [1.165, 1.54) is 57.8 Å². The number of aliphatic hydroxyl groups excluding tert-OH is 1. The molecule has 0 bridgehead atoms. The normalized spacial score (nSPS) is 45.3. The van der Waals surface area contributed by atoms with Gasteiger partial charge in [0, 0.05) is 13.0 Å². The van der Waals surface area contributed by atoms with Crippen LogP contribution in [0, 0.1) is 40.4 Å². The number of unbranched alkanes of at least 4 members (excludes halogenated alkanes) is 1. The van der Waals surface area contributed by atoms with Gasteiger partial charge in [0.25, 0.3) is 0 Å². The molecule has 1 amide bonds. The summed E-state index contributed by atoms with van der Waals surface area (Å²) in [4.78, 5) is 12.1. The molecule has 0 aromatic carbocycles. The van der Waals surface area contributed by atoms with Crippen molar-refractivity contribution < 1.29 is 9.90 Å². The Morgan fingerprint density at radius 2 is 1.80 bits per heavy atom. The fraction of sp³-hybridized carbons (Fsp3) is 0.963. The van der Waals surface area contributed by atoms with Gasteiger partial charge in [0.1, 0.15) is 0 Å². The van der Waals surface area contributed by atoms with Gasteiger partial charge in [0.2, 0.25) is 5.91 Å². The Hall–Kier alpha value is -0.570. The van der Waals surface area contributed by atoms with Crippen LogP contribution < -0.4 is 5.32 Å². The highest BCUT2D eigenvalue weighted by Gasteiger charge is 2.61. The van der Waals surface area contributed by atoms with Gasteiger partial charge in [-0.15, -0.1) is 0 Å². The van der Waals surface area contributed by atoms with E-state index in [4.69, 9.17) is 0 Å². The monoisotopic (exact) mass is 417 g/mol. The molecule has 0 aromatic heterocycles. The fourth-order valence-corrected chi connectivity index (χ4v) is 8.84. The SMILES string of the molecule is CCCCNC(=O)CCCC1CCC2C3C(O)CC4CCCCC4(C)C3CCC12C. The minimum atomic E-state index is -0.0705. The van der Waals surface area contributed by atoms with Crippen LogP contribution in [0.25, 0.3) is 0 Å². The fourth-order valence-electron chi connectivity index (χ4n) is 8.84. The molecule has 0 heterocycles. The molecule has 30 heavy (non-hydrogen) atoms. The largest absolute Gasteiger partial charge is 0.393 e. The van der Waals surface area contributed by atoms with E-state index >= 15 is 0 Å². The van der Waals surface area contributed by atoms with Crippen molar-refractivity contribution in [3.63, 3.8) is 0 Å². The van der Waals surface area contributed by atoms with E-state index in [0.717, 1.165) is 50.0 Å². The number of rotatable bonds is 7.